The van der Waals surface area contributed by atoms with Crippen LogP contribution < -0.4 is 5.32 Å². The number of ether oxygens (including phenoxy) is 1. The average Bonchev–Trinajstić information content (AvgIpc) is 3.18. The highest BCUT2D eigenvalue weighted by Gasteiger charge is 2.23. The molecule has 1 aromatic rings. The van der Waals surface area contributed by atoms with E-state index >= 15 is 0 Å². The first-order valence-corrected chi connectivity index (χ1v) is 8.73. The normalized spacial score (nSPS) is 23.4. The molecule has 0 amide bonds. The van der Waals surface area contributed by atoms with Gasteiger partial charge in [0, 0.05) is 19.2 Å². The summed E-state index contributed by atoms with van der Waals surface area (Å²) in [7, 11) is 0. The molecule has 116 valence electrons. The predicted octanol–water partition coefficient (Wildman–Crippen LogP) is 4.18. The van der Waals surface area contributed by atoms with Crippen LogP contribution in [0.4, 0.5) is 0 Å². The summed E-state index contributed by atoms with van der Waals surface area (Å²) in [5.41, 5.74) is 2.98. The number of hydrogen-bond donors (Lipinski definition) is 1. The number of rotatable bonds is 8. The third-order valence-corrected chi connectivity index (χ3v) is 4.96. The first-order valence-electron chi connectivity index (χ1n) is 8.73. The Morgan fingerprint density at radius 1 is 1.24 bits per heavy atom. The van der Waals surface area contributed by atoms with Crippen LogP contribution in [0.2, 0.25) is 0 Å². The molecular formula is C19H29NO. The van der Waals surface area contributed by atoms with Gasteiger partial charge in [-0.05, 0) is 62.5 Å². The lowest BCUT2D eigenvalue weighted by atomic mass is 9.89. The minimum absolute atomic E-state index is 0.541. The van der Waals surface area contributed by atoms with Gasteiger partial charge in [0.2, 0.25) is 0 Å². The van der Waals surface area contributed by atoms with E-state index in [4.69, 9.17) is 4.74 Å². The van der Waals surface area contributed by atoms with Gasteiger partial charge < -0.3 is 10.1 Å². The molecule has 0 spiro atoms. The number of hydrogen-bond acceptors (Lipinski definition) is 2. The maximum Gasteiger partial charge on any atom is 0.0576 e. The molecule has 1 saturated heterocycles. The fourth-order valence-electron chi connectivity index (χ4n) is 3.47. The molecule has 2 aliphatic rings. The minimum atomic E-state index is 0.541. The Labute approximate surface area is 129 Å². The van der Waals surface area contributed by atoms with Gasteiger partial charge in [-0.15, -0.1) is 0 Å². The molecule has 1 heterocycles. The van der Waals surface area contributed by atoms with Crippen LogP contribution in [0.3, 0.4) is 0 Å². The van der Waals surface area contributed by atoms with Crippen LogP contribution in [0.25, 0.3) is 0 Å². The van der Waals surface area contributed by atoms with Gasteiger partial charge >= 0.3 is 0 Å². The molecule has 1 aromatic carbocycles. The Kier molecular flexibility index (Phi) is 5.32. The Hall–Kier alpha value is -0.860. The van der Waals surface area contributed by atoms with Crippen molar-refractivity contribution >= 4 is 0 Å². The van der Waals surface area contributed by atoms with E-state index in [1.807, 2.05) is 0 Å². The highest BCUT2D eigenvalue weighted by molar-refractivity contribution is 5.29. The monoisotopic (exact) mass is 287 g/mol. The van der Waals surface area contributed by atoms with Crippen molar-refractivity contribution in [3.8, 4) is 0 Å². The second-order valence-electron chi connectivity index (χ2n) is 6.80. The Bertz CT molecular complexity index is 435. The highest BCUT2D eigenvalue weighted by Crippen LogP contribution is 2.28. The van der Waals surface area contributed by atoms with Crippen molar-refractivity contribution in [2.24, 2.45) is 0 Å². The van der Waals surface area contributed by atoms with Crippen LogP contribution in [0, 0.1) is 6.92 Å². The Morgan fingerprint density at radius 3 is 2.81 bits per heavy atom. The molecule has 21 heavy (non-hydrogen) atoms. The van der Waals surface area contributed by atoms with Gasteiger partial charge in [0.05, 0.1) is 6.10 Å². The Balaban J connectivity index is 1.54. The summed E-state index contributed by atoms with van der Waals surface area (Å²) in [6.07, 6.45) is 9.63. The van der Waals surface area contributed by atoms with Crippen molar-refractivity contribution in [3.05, 3.63) is 35.4 Å². The summed E-state index contributed by atoms with van der Waals surface area (Å²) in [6, 6.07) is 9.71. The first-order chi connectivity index (χ1) is 10.3. The summed E-state index contributed by atoms with van der Waals surface area (Å²) >= 11 is 0. The lowest BCUT2D eigenvalue weighted by molar-refractivity contribution is 0.101. The van der Waals surface area contributed by atoms with Crippen molar-refractivity contribution in [1.82, 2.24) is 5.32 Å². The molecule has 1 N–H and O–H groups in total. The van der Waals surface area contributed by atoms with Gasteiger partial charge in [0.25, 0.3) is 0 Å². The van der Waals surface area contributed by atoms with Crippen LogP contribution in [0.15, 0.2) is 24.3 Å². The largest absolute Gasteiger partial charge is 0.378 e. The zero-order chi connectivity index (χ0) is 14.5. The van der Waals surface area contributed by atoms with Crippen molar-refractivity contribution in [2.45, 2.75) is 69.9 Å². The average molecular weight is 287 g/mol. The summed E-state index contributed by atoms with van der Waals surface area (Å²) in [5, 5.41) is 3.73. The smallest absolute Gasteiger partial charge is 0.0576 e. The van der Waals surface area contributed by atoms with Crippen LogP contribution in [-0.4, -0.2) is 25.3 Å². The summed E-state index contributed by atoms with van der Waals surface area (Å²) in [6.45, 7) is 4.37. The quantitative estimate of drug-likeness (QED) is 0.774. The molecule has 2 nitrogen and oxygen atoms in total. The van der Waals surface area contributed by atoms with E-state index in [-0.39, 0.29) is 0 Å². The molecule has 0 radical (unpaired) electrons. The highest BCUT2D eigenvalue weighted by atomic mass is 16.5. The van der Waals surface area contributed by atoms with Crippen molar-refractivity contribution in [3.63, 3.8) is 0 Å². The van der Waals surface area contributed by atoms with E-state index in [9.17, 15) is 0 Å². The molecule has 2 fully saturated rings. The van der Waals surface area contributed by atoms with Gasteiger partial charge in [0.1, 0.15) is 0 Å². The second-order valence-corrected chi connectivity index (χ2v) is 6.80. The number of benzene rings is 1. The molecule has 2 atom stereocenters. The van der Waals surface area contributed by atoms with E-state index in [2.05, 4.69) is 36.5 Å². The summed E-state index contributed by atoms with van der Waals surface area (Å²) in [5.74, 6) is 0.660. The first kappa shape index (κ1) is 15.1. The fraction of sp³-hybridized carbons (Fsp3) is 0.684. The molecule has 2 unspecified atom stereocenters. The minimum Gasteiger partial charge on any atom is -0.378 e. The van der Waals surface area contributed by atoms with Crippen LogP contribution in [-0.2, 0) is 4.74 Å². The van der Waals surface area contributed by atoms with Gasteiger partial charge in [-0.3, -0.25) is 0 Å². The second kappa shape index (κ2) is 7.42. The number of nitrogens with one attached hydrogen (secondary N) is 1. The zero-order valence-electron chi connectivity index (χ0n) is 13.3. The van der Waals surface area contributed by atoms with E-state index < -0.39 is 0 Å². The van der Waals surface area contributed by atoms with Crippen LogP contribution in [0.1, 0.15) is 62.0 Å². The third-order valence-electron chi connectivity index (χ3n) is 4.96. The third kappa shape index (κ3) is 4.55. The number of aryl methyl sites for hydroxylation is 1. The molecule has 1 aliphatic carbocycles. The fourth-order valence-corrected chi connectivity index (χ4v) is 3.47. The summed E-state index contributed by atoms with van der Waals surface area (Å²) in [4.78, 5) is 0. The standard InChI is InChI=1S/C19H29NO/c1-15-6-2-3-10-19(15)16(14-20-17-11-12-17)7-4-8-18-9-5-13-21-18/h2-3,6,10,16-18,20H,4-5,7-9,11-14H2,1H3. The molecule has 1 saturated carbocycles. The zero-order valence-corrected chi connectivity index (χ0v) is 13.3. The van der Waals surface area contributed by atoms with E-state index in [1.165, 1.54) is 56.1 Å². The van der Waals surface area contributed by atoms with E-state index in [0.717, 1.165) is 19.2 Å². The van der Waals surface area contributed by atoms with Crippen molar-refractivity contribution < 1.29 is 4.74 Å². The molecule has 3 rings (SSSR count). The topological polar surface area (TPSA) is 21.3 Å². The Morgan fingerprint density at radius 2 is 2.10 bits per heavy atom. The molecule has 0 aromatic heterocycles. The van der Waals surface area contributed by atoms with Gasteiger partial charge in [-0.1, -0.05) is 30.7 Å². The molecule has 2 heteroatoms. The SMILES string of the molecule is Cc1ccccc1C(CCCC1CCCO1)CNC1CC1. The lowest BCUT2D eigenvalue weighted by Gasteiger charge is -2.21. The maximum atomic E-state index is 5.76. The van der Waals surface area contributed by atoms with Crippen LogP contribution >= 0.6 is 0 Å². The molecule has 1 aliphatic heterocycles. The van der Waals surface area contributed by atoms with E-state index in [1.54, 1.807) is 0 Å². The predicted molar refractivity (Wildman–Crippen MR) is 87.8 cm³/mol. The molecular weight excluding hydrogens is 258 g/mol. The van der Waals surface area contributed by atoms with Gasteiger partial charge in [-0.2, -0.15) is 0 Å². The van der Waals surface area contributed by atoms with E-state index in [0.29, 0.717) is 12.0 Å². The van der Waals surface area contributed by atoms with Gasteiger partial charge in [-0.25, -0.2) is 0 Å². The maximum absolute atomic E-state index is 5.76. The van der Waals surface area contributed by atoms with Gasteiger partial charge in [0.15, 0.2) is 0 Å². The van der Waals surface area contributed by atoms with Crippen molar-refractivity contribution in [1.29, 1.82) is 0 Å². The molecule has 0 bridgehead atoms. The summed E-state index contributed by atoms with van der Waals surface area (Å²) < 4.78 is 5.76. The lowest BCUT2D eigenvalue weighted by Crippen LogP contribution is -2.24. The van der Waals surface area contributed by atoms with Crippen LogP contribution in [0.5, 0.6) is 0 Å². The van der Waals surface area contributed by atoms with Crippen molar-refractivity contribution in [2.75, 3.05) is 13.2 Å².